The summed E-state index contributed by atoms with van der Waals surface area (Å²) in [6, 6.07) is 6.83. The molecule has 1 aliphatic rings. The summed E-state index contributed by atoms with van der Waals surface area (Å²) in [4.78, 5) is 0.326. The third-order valence-electron chi connectivity index (χ3n) is 2.93. The van der Waals surface area contributed by atoms with E-state index in [4.69, 9.17) is 0 Å². The first-order valence-corrected chi connectivity index (χ1v) is 7.31. The number of nitrogens with one attached hydrogen (secondary N) is 2. The van der Waals surface area contributed by atoms with Gasteiger partial charge in [-0.3, -0.25) is 0 Å². The number of hydrogen-bond acceptors (Lipinski definition) is 3. The molecule has 2 N–H and O–H groups in total. The average Bonchev–Trinajstić information content (AvgIpc) is 2.96. The fourth-order valence-electron chi connectivity index (χ4n) is 1.63. The first-order chi connectivity index (χ1) is 7.95. The van der Waals surface area contributed by atoms with Gasteiger partial charge in [-0.2, -0.15) is 0 Å². The molecular weight excluding hydrogens is 236 g/mol. The van der Waals surface area contributed by atoms with Crippen LogP contribution >= 0.6 is 0 Å². The van der Waals surface area contributed by atoms with Crippen LogP contribution in [-0.4, -0.2) is 20.5 Å². The number of sulfonamides is 1. The molecule has 0 aliphatic heterocycles. The van der Waals surface area contributed by atoms with E-state index in [-0.39, 0.29) is 5.54 Å². The van der Waals surface area contributed by atoms with E-state index in [2.05, 4.69) is 10.0 Å². The van der Waals surface area contributed by atoms with Crippen LogP contribution in [0.2, 0.25) is 0 Å². The fraction of sp³-hybridized carbons (Fsp3) is 0.500. The molecule has 94 valence electrons. The zero-order valence-corrected chi connectivity index (χ0v) is 11.0. The summed E-state index contributed by atoms with van der Waals surface area (Å²) >= 11 is 0. The molecule has 1 saturated carbocycles. The number of rotatable bonds is 5. The molecule has 0 unspecified atom stereocenters. The highest BCUT2D eigenvalue weighted by molar-refractivity contribution is 7.89. The first-order valence-electron chi connectivity index (χ1n) is 5.83. The Labute approximate surface area is 102 Å². The fourth-order valence-corrected chi connectivity index (χ4v) is 3.09. The Morgan fingerprint density at radius 3 is 2.29 bits per heavy atom. The van der Waals surface area contributed by atoms with E-state index in [1.165, 1.54) is 0 Å². The zero-order chi connectivity index (χ0) is 12.5. The second-order valence-corrected chi connectivity index (χ2v) is 6.40. The highest BCUT2D eigenvalue weighted by atomic mass is 32.2. The van der Waals surface area contributed by atoms with Gasteiger partial charge in [0.25, 0.3) is 0 Å². The first kappa shape index (κ1) is 12.4. The topological polar surface area (TPSA) is 58.2 Å². The standard InChI is InChI=1S/C12H18N2O2S/c1-3-13-10-4-6-11(7-5-10)17(15,16)14-12(2)8-9-12/h4-7,13-14H,3,8-9H2,1-2H3. The molecule has 2 rings (SSSR count). The van der Waals surface area contributed by atoms with Gasteiger partial charge < -0.3 is 5.32 Å². The van der Waals surface area contributed by atoms with E-state index in [1.54, 1.807) is 24.3 Å². The SMILES string of the molecule is CCNc1ccc(S(=O)(=O)NC2(C)CC2)cc1. The van der Waals surface area contributed by atoms with E-state index >= 15 is 0 Å². The van der Waals surface area contributed by atoms with Crippen LogP contribution < -0.4 is 10.0 Å². The van der Waals surface area contributed by atoms with E-state index in [0.717, 1.165) is 25.1 Å². The van der Waals surface area contributed by atoms with Crippen LogP contribution in [0.5, 0.6) is 0 Å². The average molecular weight is 254 g/mol. The summed E-state index contributed by atoms with van der Waals surface area (Å²) < 4.78 is 26.8. The molecule has 0 aromatic heterocycles. The molecule has 1 fully saturated rings. The monoisotopic (exact) mass is 254 g/mol. The van der Waals surface area contributed by atoms with Crippen molar-refractivity contribution in [2.75, 3.05) is 11.9 Å². The summed E-state index contributed by atoms with van der Waals surface area (Å²) in [6.07, 6.45) is 1.84. The lowest BCUT2D eigenvalue weighted by Crippen LogP contribution is -2.34. The van der Waals surface area contributed by atoms with Gasteiger partial charge in [0.2, 0.25) is 10.0 Å². The molecule has 0 amide bonds. The largest absolute Gasteiger partial charge is 0.385 e. The normalized spacial score (nSPS) is 17.8. The molecule has 4 nitrogen and oxygen atoms in total. The molecule has 1 aromatic carbocycles. The molecule has 0 heterocycles. The predicted molar refractivity (Wildman–Crippen MR) is 68.6 cm³/mol. The van der Waals surface area contributed by atoms with Gasteiger partial charge in [-0.25, -0.2) is 13.1 Å². The van der Waals surface area contributed by atoms with Crippen LogP contribution in [-0.2, 0) is 10.0 Å². The van der Waals surface area contributed by atoms with E-state index in [9.17, 15) is 8.42 Å². The van der Waals surface area contributed by atoms with Crippen molar-refractivity contribution in [3.8, 4) is 0 Å². The van der Waals surface area contributed by atoms with E-state index in [1.807, 2.05) is 13.8 Å². The third kappa shape index (κ3) is 2.98. The number of anilines is 1. The van der Waals surface area contributed by atoms with Gasteiger partial charge in [0.15, 0.2) is 0 Å². The maximum Gasteiger partial charge on any atom is 0.241 e. The van der Waals surface area contributed by atoms with Gasteiger partial charge in [-0.05, 0) is 51.0 Å². The van der Waals surface area contributed by atoms with Crippen LogP contribution in [0.25, 0.3) is 0 Å². The Bertz CT molecular complexity index is 490. The summed E-state index contributed by atoms with van der Waals surface area (Å²) in [5.74, 6) is 0. The number of hydrogen-bond donors (Lipinski definition) is 2. The van der Waals surface area contributed by atoms with Crippen LogP contribution in [0, 0.1) is 0 Å². The van der Waals surface area contributed by atoms with Gasteiger partial charge >= 0.3 is 0 Å². The lowest BCUT2D eigenvalue weighted by atomic mass is 10.3. The van der Waals surface area contributed by atoms with Crippen molar-refractivity contribution in [2.24, 2.45) is 0 Å². The second kappa shape index (κ2) is 4.31. The van der Waals surface area contributed by atoms with Crippen LogP contribution in [0.4, 0.5) is 5.69 Å². The second-order valence-electron chi connectivity index (χ2n) is 4.72. The Kier molecular flexibility index (Phi) is 3.14. The molecule has 0 saturated heterocycles. The zero-order valence-electron chi connectivity index (χ0n) is 10.2. The van der Waals surface area contributed by atoms with E-state index < -0.39 is 10.0 Å². The maximum absolute atomic E-state index is 12.0. The highest BCUT2D eigenvalue weighted by Gasteiger charge is 2.41. The Balaban J connectivity index is 2.15. The molecule has 17 heavy (non-hydrogen) atoms. The molecule has 1 aromatic rings. The van der Waals surface area contributed by atoms with Crippen molar-refractivity contribution in [2.45, 2.75) is 37.1 Å². The van der Waals surface area contributed by atoms with Crippen molar-refractivity contribution in [3.63, 3.8) is 0 Å². The predicted octanol–water partition coefficient (Wildman–Crippen LogP) is 1.95. The highest BCUT2D eigenvalue weighted by Crippen LogP contribution is 2.35. The molecule has 0 spiro atoms. The summed E-state index contributed by atoms with van der Waals surface area (Å²) in [7, 11) is -3.36. The van der Waals surface area contributed by atoms with Crippen molar-refractivity contribution < 1.29 is 8.42 Å². The molecule has 0 radical (unpaired) electrons. The van der Waals surface area contributed by atoms with Gasteiger partial charge in [0, 0.05) is 17.8 Å². The van der Waals surface area contributed by atoms with E-state index in [0.29, 0.717) is 4.90 Å². The maximum atomic E-state index is 12.0. The van der Waals surface area contributed by atoms with Crippen molar-refractivity contribution >= 4 is 15.7 Å². The van der Waals surface area contributed by atoms with Gasteiger partial charge in [-0.1, -0.05) is 0 Å². The summed E-state index contributed by atoms with van der Waals surface area (Å²) in [6.45, 7) is 4.75. The molecular formula is C12H18N2O2S. The quantitative estimate of drug-likeness (QED) is 0.844. The Morgan fingerprint density at radius 1 is 1.24 bits per heavy atom. The molecule has 0 bridgehead atoms. The summed E-state index contributed by atoms with van der Waals surface area (Å²) in [5.41, 5.74) is 0.711. The molecule has 5 heteroatoms. The third-order valence-corrected chi connectivity index (χ3v) is 4.58. The van der Waals surface area contributed by atoms with Gasteiger partial charge in [0.05, 0.1) is 4.90 Å². The van der Waals surface area contributed by atoms with Gasteiger partial charge in [-0.15, -0.1) is 0 Å². The molecule has 0 atom stereocenters. The lowest BCUT2D eigenvalue weighted by molar-refractivity contribution is 0.558. The lowest BCUT2D eigenvalue weighted by Gasteiger charge is -2.12. The van der Waals surface area contributed by atoms with Crippen LogP contribution in [0.1, 0.15) is 26.7 Å². The minimum atomic E-state index is -3.36. The van der Waals surface area contributed by atoms with Gasteiger partial charge in [0.1, 0.15) is 0 Å². The van der Waals surface area contributed by atoms with Crippen LogP contribution in [0.15, 0.2) is 29.2 Å². The van der Waals surface area contributed by atoms with Crippen LogP contribution in [0.3, 0.4) is 0 Å². The Hall–Kier alpha value is -1.07. The van der Waals surface area contributed by atoms with Crippen molar-refractivity contribution in [1.29, 1.82) is 0 Å². The molecule has 1 aliphatic carbocycles. The Morgan fingerprint density at radius 2 is 1.82 bits per heavy atom. The summed E-state index contributed by atoms with van der Waals surface area (Å²) in [5, 5.41) is 3.13. The van der Waals surface area contributed by atoms with Crippen molar-refractivity contribution in [3.05, 3.63) is 24.3 Å². The minimum Gasteiger partial charge on any atom is -0.385 e. The minimum absolute atomic E-state index is 0.223. The smallest absolute Gasteiger partial charge is 0.241 e. The number of benzene rings is 1. The van der Waals surface area contributed by atoms with Crippen molar-refractivity contribution in [1.82, 2.24) is 4.72 Å².